The lowest BCUT2D eigenvalue weighted by atomic mass is 9.88. The number of anilines is 1. The van der Waals surface area contributed by atoms with Crippen LogP contribution < -0.4 is 5.32 Å². The summed E-state index contributed by atoms with van der Waals surface area (Å²) in [5.74, 6) is 1.22. The van der Waals surface area contributed by atoms with Gasteiger partial charge in [0.1, 0.15) is 5.82 Å². The fourth-order valence-corrected chi connectivity index (χ4v) is 5.94. The van der Waals surface area contributed by atoms with Crippen molar-refractivity contribution < 1.29 is 9.18 Å². The minimum absolute atomic E-state index is 0.114. The number of nitrogens with one attached hydrogen (secondary N) is 1. The molecule has 0 spiro atoms. The zero-order chi connectivity index (χ0) is 16.7. The fraction of sp³-hybridized carbons (Fsp3) is 0.316. The summed E-state index contributed by atoms with van der Waals surface area (Å²) in [6.07, 6.45) is 5.63. The van der Waals surface area contributed by atoms with Gasteiger partial charge in [-0.15, -0.1) is 23.1 Å². The summed E-state index contributed by atoms with van der Waals surface area (Å²) < 4.78 is 13.0. The van der Waals surface area contributed by atoms with Gasteiger partial charge in [0.25, 0.3) is 5.91 Å². The summed E-state index contributed by atoms with van der Waals surface area (Å²) in [6, 6.07) is 5.87. The van der Waals surface area contributed by atoms with Crippen molar-refractivity contribution in [3.63, 3.8) is 0 Å². The smallest absolute Gasteiger partial charge is 0.262 e. The zero-order valence-corrected chi connectivity index (χ0v) is 15.0. The van der Waals surface area contributed by atoms with Crippen molar-refractivity contribution in [3.05, 3.63) is 55.9 Å². The van der Waals surface area contributed by atoms with Crippen molar-refractivity contribution in [1.29, 1.82) is 0 Å². The second kappa shape index (κ2) is 6.37. The van der Waals surface area contributed by atoms with Crippen LogP contribution in [0.1, 0.15) is 34.2 Å². The van der Waals surface area contributed by atoms with Crippen LogP contribution in [0.25, 0.3) is 6.08 Å². The lowest BCUT2D eigenvalue weighted by Crippen LogP contribution is -2.14. The molecule has 2 aliphatic rings. The van der Waals surface area contributed by atoms with E-state index in [1.165, 1.54) is 52.3 Å². The van der Waals surface area contributed by atoms with E-state index in [1.807, 2.05) is 17.4 Å². The van der Waals surface area contributed by atoms with Crippen LogP contribution >= 0.6 is 23.1 Å². The molecule has 2 heterocycles. The molecule has 1 N–H and O–H groups in total. The Balaban J connectivity index is 1.56. The maximum Gasteiger partial charge on any atom is 0.262 e. The van der Waals surface area contributed by atoms with Crippen molar-refractivity contribution in [3.8, 4) is 0 Å². The number of thiophene rings is 1. The first-order valence-electron chi connectivity index (χ1n) is 8.15. The van der Waals surface area contributed by atoms with Crippen LogP contribution in [-0.2, 0) is 23.4 Å². The number of hydrogen-bond acceptors (Lipinski definition) is 3. The van der Waals surface area contributed by atoms with Gasteiger partial charge in [-0.1, -0.05) is 6.92 Å². The van der Waals surface area contributed by atoms with Crippen LogP contribution in [0.4, 0.5) is 10.1 Å². The van der Waals surface area contributed by atoms with E-state index >= 15 is 0 Å². The highest BCUT2D eigenvalue weighted by molar-refractivity contribution is 8.03. The Morgan fingerprint density at radius 1 is 1.25 bits per heavy atom. The molecule has 4 rings (SSSR count). The van der Waals surface area contributed by atoms with Gasteiger partial charge in [0.2, 0.25) is 0 Å². The first kappa shape index (κ1) is 15.9. The Bertz CT molecular complexity index is 823. The third kappa shape index (κ3) is 3.03. The minimum atomic E-state index is -0.303. The van der Waals surface area contributed by atoms with Crippen LogP contribution in [-0.4, -0.2) is 5.91 Å². The van der Waals surface area contributed by atoms with E-state index in [4.69, 9.17) is 0 Å². The van der Waals surface area contributed by atoms with Crippen molar-refractivity contribution in [2.24, 2.45) is 5.92 Å². The summed E-state index contributed by atoms with van der Waals surface area (Å²) in [7, 11) is 0. The second-order valence-corrected chi connectivity index (χ2v) is 8.61. The average molecular weight is 359 g/mol. The monoisotopic (exact) mass is 359 g/mol. The number of benzene rings is 1. The number of halogens is 1. The molecule has 0 radical (unpaired) electrons. The molecule has 24 heavy (non-hydrogen) atoms. The molecule has 0 saturated heterocycles. The number of carbonyl (C=O) groups is 1. The van der Waals surface area contributed by atoms with Gasteiger partial charge in [-0.2, -0.15) is 0 Å². The number of hydrogen-bond donors (Lipinski definition) is 1. The molecule has 0 bridgehead atoms. The molecule has 1 aliphatic heterocycles. The van der Waals surface area contributed by atoms with E-state index in [0.29, 0.717) is 5.69 Å². The molecule has 5 heteroatoms. The molecule has 0 unspecified atom stereocenters. The zero-order valence-electron chi connectivity index (χ0n) is 13.4. The molecule has 1 aliphatic carbocycles. The van der Waals surface area contributed by atoms with Crippen molar-refractivity contribution in [1.82, 2.24) is 0 Å². The molecule has 2 aromatic rings. The second-order valence-electron chi connectivity index (χ2n) is 6.45. The molecule has 1 aromatic heterocycles. The first-order chi connectivity index (χ1) is 11.6. The van der Waals surface area contributed by atoms with E-state index in [-0.39, 0.29) is 11.7 Å². The van der Waals surface area contributed by atoms with Crippen LogP contribution in [0.15, 0.2) is 29.2 Å². The molecule has 0 fully saturated rings. The van der Waals surface area contributed by atoms with E-state index in [2.05, 4.69) is 12.2 Å². The van der Waals surface area contributed by atoms with E-state index in [1.54, 1.807) is 23.9 Å². The minimum Gasteiger partial charge on any atom is -0.322 e. The first-order valence-corrected chi connectivity index (χ1v) is 9.95. The molecule has 1 amide bonds. The SMILES string of the molecule is C[C@H]1CCc2c(sc3c2CSC(C(=O)Nc2ccc(F)cc2)=C3)C1. The van der Waals surface area contributed by atoms with Crippen molar-refractivity contribution in [2.45, 2.75) is 31.9 Å². The standard InChI is InChI=1S/C19H18FNOS2/c1-11-2-7-14-15-10-23-18(9-17(15)24-16(14)8-11)19(22)21-13-5-3-12(20)4-6-13/h3-6,9,11H,2,7-8,10H2,1H3,(H,21,22)/t11-/m0/s1. The molecule has 124 valence electrons. The summed E-state index contributed by atoms with van der Waals surface area (Å²) in [5, 5.41) is 2.85. The van der Waals surface area contributed by atoms with Crippen LogP contribution in [0, 0.1) is 11.7 Å². The number of carbonyl (C=O) groups excluding carboxylic acids is 1. The number of fused-ring (bicyclic) bond motifs is 3. The predicted octanol–water partition coefficient (Wildman–Crippen LogP) is 5.24. The quantitative estimate of drug-likeness (QED) is 0.794. The Morgan fingerprint density at radius 3 is 2.83 bits per heavy atom. The maximum absolute atomic E-state index is 13.0. The molecule has 2 nitrogen and oxygen atoms in total. The van der Waals surface area contributed by atoms with Gasteiger partial charge in [0.05, 0.1) is 4.91 Å². The lowest BCUT2D eigenvalue weighted by molar-refractivity contribution is -0.112. The Kier molecular flexibility index (Phi) is 4.22. The average Bonchev–Trinajstić information content (AvgIpc) is 2.93. The highest BCUT2D eigenvalue weighted by atomic mass is 32.2. The van der Waals surface area contributed by atoms with Crippen LogP contribution in [0.3, 0.4) is 0 Å². The highest BCUT2D eigenvalue weighted by Crippen LogP contribution is 2.43. The lowest BCUT2D eigenvalue weighted by Gasteiger charge is -2.19. The van der Waals surface area contributed by atoms with Gasteiger partial charge in [0, 0.05) is 21.2 Å². The van der Waals surface area contributed by atoms with Gasteiger partial charge >= 0.3 is 0 Å². The third-order valence-electron chi connectivity index (χ3n) is 4.61. The summed E-state index contributed by atoms with van der Waals surface area (Å²) >= 11 is 3.45. The van der Waals surface area contributed by atoms with Gasteiger partial charge in [-0.25, -0.2) is 4.39 Å². The summed E-state index contributed by atoms with van der Waals surface area (Å²) in [6.45, 7) is 2.31. The van der Waals surface area contributed by atoms with Crippen molar-refractivity contribution >= 4 is 40.8 Å². The fourth-order valence-electron chi connectivity index (χ4n) is 3.28. The Labute approximate surface area is 149 Å². The van der Waals surface area contributed by atoms with Crippen molar-refractivity contribution in [2.75, 3.05) is 5.32 Å². The summed E-state index contributed by atoms with van der Waals surface area (Å²) in [4.78, 5) is 16.0. The Hall–Kier alpha value is -1.59. The van der Waals surface area contributed by atoms with E-state index < -0.39 is 0 Å². The van der Waals surface area contributed by atoms with Gasteiger partial charge < -0.3 is 5.32 Å². The van der Waals surface area contributed by atoms with Crippen LogP contribution in [0.5, 0.6) is 0 Å². The summed E-state index contributed by atoms with van der Waals surface area (Å²) in [5.41, 5.74) is 3.59. The van der Waals surface area contributed by atoms with Crippen LogP contribution in [0.2, 0.25) is 0 Å². The van der Waals surface area contributed by atoms with Gasteiger partial charge in [-0.3, -0.25) is 4.79 Å². The maximum atomic E-state index is 13.0. The predicted molar refractivity (Wildman–Crippen MR) is 99.8 cm³/mol. The normalized spacial score (nSPS) is 19.2. The Morgan fingerprint density at radius 2 is 2.04 bits per heavy atom. The number of amides is 1. The van der Waals surface area contributed by atoms with E-state index in [9.17, 15) is 9.18 Å². The topological polar surface area (TPSA) is 29.1 Å². The largest absolute Gasteiger partial charge is 0.322 e. The van der Waals surface area contributed by atoms with E-state index in [0.717, 1.165) is 16.6 Å². The molecular weight excluding hydrogens is 341 g/mol. The molecule has 1 atom stereocenters. The van der Waals surface area contributed by atoms with Gasteiger partial charge in [-0.05, 0) is 66.6 Å². The molecule has 1 aromatic carbocycles. The molecular formula is C19H18FNOS2. The van der Waals surface area contributed by atoms with Gasteiger partial charge in [0.15, 0.2) is 0 Å². The number of rotatable bonds is 2. The highest BCUT2D eigenvalue weighted by Gasteiger charge is 2.26. The third-order valence-corrected chi connectivity index (χ3v) is 6.90. The molecule has 0 saturated carbocycles. The number of thioether (sulfide) groups is 1.